The quantitative estimate of drug-likeness (QED) is 0.331. The van der Waals surface area contributed by atoms with Crippen molar-refractivity contribution in [1.29, 1.82) is 0 Å². The van der Waals surface area contributed by atoms with E-state index in [1.165, 1.54) is 5.56 Å². The first-order chi connectivity index (χ1) is 18.6. The van der Waals surface area contributed by atoms with Crippen LogP contribution in [0.3, 0.4) is 0 Å². The van der Waals surface area contributed by atoms with Crippen LogP contribution in [0, 0.1) is 5.92 Å². The second kappa shape index (κ2) is 12.3. The Morgan fingerprint density at radius 3 is 2.47 bits per heavy atom. The number of fused-ring (bicyclic) bond motifs is 3. The molecular weight excluding hydrogens is 474 g/mol. The Kier molecular flexibility index (Phi) is 8.41. The van der Waals surface area contributed by atoms with Gasteiger partial charge < -0.3 is 20.5 Å². The number of carboxylic acid groups (broad SMARTS) is 1. The van der Waals surface area contributed by atoms with Crippen LogP contribution >= 0.6 is 0 Å². The van der Waals surface area contributed by atoms with Crippen molar-refractivity contribution in [2.75, 3.05) is 37.7 Å². The molecule has 3 saturated heterocycles. The van der Waals surface area contributed by atoms with E-state index in [2.05, 4.69) is 47.4 Å². The summed E-state index contributed by atoms with van der Waals surface area (Å²) in [6.45, 7) is 4.19. The lowest BCUT2D eigenvalue weighted by molar-refractivity contribution is 0.0838. The van der Waals surface area contributed by atoms with Gasteiger partial charge in [0.1, 0.15) is 5.75 Å². The van der Waals surface area contributed by atoms with Crippen LogP contribution in [0.5, 0.6) is 5.75 Å². The van der Waals surface area contributed by atoms with E-state index in [4.69, 9.17) is 10.5 Å². The molecule has 1 atom stereocenters. The van der Waals surface area contributed by atoms with Gasteiger partial charge in [0.25, 0.3) is 0 Å². The topological polar surface area (TPSA) is 79.0 Å². The molecule has 0 aliphatic carbocycles. The predicted molar refractivity (Wildman–Crippen MR) is 154 cm³/mol. The SMILES string of the molecule is NCCc1ccc(OCCC=Cc2ccc(N(C(=O)O)C3CN4CCC3CC4)c(-c3ccccc3)c2)cc1. The maximum absolute atomic E-state index is 12.6. The fourth-order valence-electron chi connectivity index (χ4n) is 5.75. The van der Waals surface area contributed by atoms with Gasteiger partial charge in [0.05, 0.1) is 18.3 Å². The van der Waals surface area contributed by atoms with Crippen LogP contribution < -0.4 is 15.4 Å². The minimum absolute atomic E-state index is 0.0135. The van der Waals surface area contributed by atoms with Gasteiger partial charge in [0, 0.05) is 12.1 Å². The number of benzene rings is 3. The van der Waals surface area contributed by atoms with Crippen LogP contribution in [-0.4, -0.2) is 54.9 Å². The molecule has 3 aliphatic rings. The Bertz CT molecular complexity index is 1230. The molecule has 3 aromatic rings. The smallest absolute Gasteiger partial charge is 0.412 e. The van der Waals surface area contributed by atoms with Gasteiger partial charge in [-0.25, -0.2) is 4.79 Å². The molecule has 0 aromatic heterocycles. The second-order valence-electron chi connectivity index (χ2n) is 10.2. The van der Waals surface area contributed by atoms with Crippen molar-refractivity contribution in [2.24, 2.45) is 11.7 Å². The number of nitrogens with two attached hydrogens (primary N) is 1. The summed E-state index contributed by atoms with van der Waals surface area (Å²) in [4.78, 5) is 16.7. The van der Waals surface area contributed by atoms with E-state index in [0.717, 1.165) is 73.4 Å². The zero-order chi connectivity index (χ0) is 26.3. The Labute approximate surface area is 225 Å². The van der Waals surface area contributed by atoms with Crippen LogP contribution in [0.4, 0.5) is 10.5 Å². The van der Waals surface area contributed by atoms with Gasteiger partial charge in [-0.3, -0.25) is 4.90 Å². The highest BCUT2D eigenvalue weighted by atomic mass is 16.5. The summed E-state index contributed by atoms with van der Waals surface area (Å²) >= 11 is 0. The predicted octanol–water partition coefficient (Wildman–Crippen LogP) is 5.92. The monoisotopic (exact) mass is 511 g/mol. The summed E-state index contributed by atoms with van der Waals surface area (Å²) in [5.41, 5.74) is 10.6. The number of nitrogens with zero attached hydrogens (tertiary/aromatic N) is 2. The summed E-state index contributed by atoms with van der Waals surface area (Å²) in [6.07, 6.45) is 7.09. The van der Waals surface area contributed by atoms with E-state index in [9.17, 15) is 9.90 Å². The number of ether oxygens (including phenoxy) is 1. The first kappa shape index (κ1) is 26.0. The third kappa shape index (κ3) is 6.09. The first-order valence-electron chi connectivity index (χ1n) is 13.6. The van der Waals surface area contributed by atoms with E-state index in [0.29, 0.717) is 19.1 Å². The molecule has 6 nitrogen and oxygen atoms in total. The van der Waals surface area contributed by atoms with Gasteiger partial charge in [-0.2, -0.15) is 0 Å². The summed E-state index contributed by atoms with van der Waals surface area (Å²) in [5.74, 6) is 1.27. The molecule has 3 aromatic carbocycles. The minimum atomic E-state index is -0.877. The Morgan fingerprint density at radius 2 is 1.82 bits per heavy atom. The molecule has 3 fully saturated rings. The number of piperidine rings is 3. The van der Waals surface area contributed by atoms with Gasteiger partial charge in [-0.1, -0.05) is 60.7 Å². The third-order valence-corrected chi connectivity index (χ3v) is 7.74. The average Bonchev–Trinajstić information content (AvgIpc) is 2.95. The van der Waals surface area contributed by atoms with Gasteiger partial charge in [-0.15, -0.1) is 0 Å². The molecule has 2 bridgehead atoms. The highest BCUT2D eigenvalue weighted by molar-refractivity contribution is 5.94. The van der Waals surface area contributed by atoms with Crippen LogP contribution in [-0.2, 0) is 6.42 Å². The Morgan fingerprint density at radius 1 is 1.05 bits per heavy atom. The highest BCUT2D eigenvalue weighted by Crippen LogP contribution is 2.38. The first-order valence-corrected chi connectivity index (χ1v) is 13.6. The van der Waals surface area contributed by atoms with Gasteiger partial charge in [0.2, 0.25) is 0 Å². The largest absolute Gasteiger partial charge is 0.493 e. The number of carbonyl (C=O) groups is 1. The number of rotatable bonds is 10. The average molecular weight is 512 g/mol. The summed E-state index contributed by atoms with van der Waals surface area (Å²) < 4.78 is 5.88. The minimum Gasteiger partial charge on any atom is -0.493 e. The molecule has 0 radical (unpaired) electrons. The van der Waals surface area contributed by atoms with E-state index < -0.39 is 6.09 Å². The molecule has 6 rings (SSSR count). The molecule has 0 saturated carbocycles. The molecule has 3 aliphatic heterocycles. The van der Waals surface area contributed by atoms with E-state index >= 15 is 0 Å². The maximum Gasteiger partial charge on any atom is 0.412 e. The van der Waals surface area contributed by atoms with Crippen LogP contribution in [0.2, 0.25) is 0 Å². The third-order valence-electron chi connectivity index (χ3n) is 7.74. The van der Waals surface area contributed by atoms with Crippen LogP contribution in [0.15, 0.2) is 78.9 Å². The second-order valence-corrected chi connectivity index (χ2v) is 10.2. The van der Waals surface area contributed by atoms with Crippen molar-refractivity contribution >= 4 is 17.9 Å². The highest BCUT2D eigenvalue weighted by Gasteiger charge is 2.40. The lowest BCUT2D eigenvalue weighted by Gasteiger charge is -2.48. The van der Waals surface area contributed by atoms with Gasteiger partial charge >= 0.3 is 6.09 Å². The van der Waals surface area contributed by atoms with Crippen LogP contribution in [0.25, 0.3) is 17.2 Å². The zero-order valence-electron chi connectivity index (χ0n) is 21.8. The van der Waals surface area contributed by atoms with E-state index in [-0.39, 0.29) is 6.04 Å². The molecule has 0 spiro atoms. The summed E-state index contributed by atoms with van der Waals surface area (Å²) in [6, 6.07) is 24.3. The molecule has 198 valence electrons. The maximum atomic E-state index is 12.6. The van der Waals surface area contributed by atoms with Crippen molar-refractivity contribution in [3.8, 4) is 16.9 Å². The van der Waals surface area contributed by atoms with E-state index in [1.807, 2.05) is 42.5 Å². The molecule has 1 unspecified atom stereocenters. The van der Waals surface area contributed by atoms with Crippen molar-refractivity contribution in [3.05, 3.63) is 90.0 Å². The summed E-state index contributed by atoms with van der Waals surface area (Å²) in [7, 11) is 0. The molecular formula is C32H37N3O3. The number of hydrogen-bond donors (Lipinski definition) is 2. The van der Waals surface area contributed by atoms with Crippen molar-refractivity contribution in [2.45, 2.75) is 31.7 Å². The fraction of sp³-hybridized carbons (Fsp3) is 0.344. The standard InChI is InChI=1S/C32H37N3O3/c33-18-15-24-9-12-28(13-10-24)38-21-5-4-6-25-11-14-30(29(22-25)26-7-2-1-3-8-26)35(32(36)37)31-23-34-19-16-27(31)17-20-34/h1-4,6-14,22,27,31H,5,15-21,23,33H2,(H,36,37). The number of anilines is 1. The molecule has 3 N–H and O–H groups in total. The van der Waals surface area contributed by atoms with E-state index in [1.54, 1.807) is 4.90 Å². The van der Waals surface area contributed by atoms with Crippen molar-refractivity contribution in [3.63, 3.8) is 0 Å². The molecule has 6 heteroatoms. The lowest BCUT2D eigenvalue weighted by atomic mass is 9.82. The van der Waals surface area contributed by atoms with Gasteiger partial charge in [0.15, 0.2) is 0 Å². The molecule has 38 heavy (non-hydrogen) atoms. The zero-order valence-corrected chi connectivity index (χ0v) is 21.8. The van der Waals surface area contributed by atoms with Crippen LogP contribution in [0.1, 0.15) is 30.4 Å². The van der Waals surface area contributed by atoms with Crippen molar-refractivity contribution in [1.82, 2.24) is 4.90 Å². The Balaban J connectivity index is 1.32. The molecule has 1 amide bonds. The Hall–Kier alpha value is -3.61. The number of hydrogen-bond acceptors (Lipinski definition) is 4. The lowest BCUT2D eigenvalue weighted by Crippen LogP contribution is -2.58. The summed E-state index contributed by atoms with van der Waals surface area (Å²) in [5, 5.41) is 10.4. The number of amides is 1. The van der Waals surface area contributed by atoms with Crippen molar-refractivity contribution < 1.29 is 14.6 Å². The fourth-order valence-corrected chi connectivity index (χ4v) is 5.75. The normalized spacial score (nSPS) is 20.5. The molecule has 3 heterocycles. The van der Waals surface area contributed by atoms with Gasteiger partial charge in [-0.05, 0) is 92.2 Å².